The van der Waals surface area contributed by atoms with E-state index in [2.05, 4.69) is 34.0 Å². The summed E-state index contributed by atoms with van der Waals surface area (Å²) in [7, 11) is -3.78. The first-order valence-corrected chi connectivity index (χ1v) is 19.2. The second-order valence-corrected chi connectivity index (χ2v) is 17.4. The number of hydrogen-bond donors (Lipinski definition) is 3. The maximum absolute atomic E-state index is 14.7. The van der Waals surface area contributed by atoms with E-state index in [9.17, 15) is 14.2 Å². The van der Waals surface area contributed by atoms with Gasteiger partial charge in [-0.25, -0.2) is 20.1 Å². The highest BCUT2D eigenvalue weighted by Crippen LogP contribution is 2.42. The number of fused-ring (bicyclic) bond motifs is 1. The lowest BCUT2D eigenvalue weighted by atomic mass is 9.83. The van der Waals surface area contributed by atoms with Crippen LogP contribution in [0.25, 0.3) is 11.2 Å². The quantitative estimate of drug-likeness (QED) is 0.149. The third-order valence-corrected chi connectivity index (χ3v) is 12.0. The van der Waals surface area contributed by atoms with Crippen molar-refractivity contribution in [2.75, 3.05) is 25.3 Å². The summed E-state index contributed by atoms with van der Waals surface area (Å²) in [5, 5.41) is 6.05. The van der Waals surface area contributed by atoms with Gasteiger partial charge in [0.25, 0.3) is 0 Å². The third kappa shape index (κ3) is 10.5. The van der Waals surface area contributed by atoms with Crippen LogP contribution in [0.4, 0.5) is 5.69 Å². The molecule has 2 aromatic rings. The zero-order valence-electron chi connectivity index (χ0n) is 29.4. The van der Waals surface area contributed by atoms with Crippen LogP contribution < -0.4 is 15.9 Å². The summed E-state index contributed by atoms with van der Waals surface area (Å²) in [6.45, 7) is 13.9. The normalized spacial score (nSPS) is 24.4. The smallest absolute Gasteiger partial charge is 0.326 e. The number of nitrogens with one attached hydrogen (secondary N) is 2. The van der Waals surface area contributed by atoms with Crippen molar-refractivity contribution in [1.82, 2.24) is 24.7 Å². The number of esters is 2. The van der Waals surface area contributed by atoms with Gasteiger partial charge in [0.2, 0.25) is 7.44 Å². The van der Waals surface area contributed by atoms with Gasteiger partial charge in [0.05, 0.1) is 37.9 Å². The van der Waals surface area contributed by atoms with Gasteiger partial charge in [0, 0.05) is 6.20 Å². The lowest BCUT2D eigenvalue weighted by molar-refractivity contribution is -0.151. The molecular formula is C34H57N6O6P. The fourth-order valence-corrected chi connectivity index (χ4v) is 9.14. The highest BCUT2D eigenvalue weighted by atomic mass is 31.2. The van der Waals surface area contributed by atoms with E-state index in [1.807, 2.05) is 11.5 Å². The maximum Gasteiger partial charge on any atom is 0.326 e. The van der Waals surface area contributed by atoms with Crippen molar-refractivity contribution in [3.8, 4) is 0 Å². The number of imidazole rings is 1. The van der Waals surface area contributed by atoms with Crippen LogP contribution in [0.1, 0.15) is 99.8 Å². The Morgan fingerprint density at radius 1 is 0.915 bits per heavy atom. The van der Waals surface area contributed by atoms with Crippen LogP contribution in [0.15, 0.2) is 18.6 Å². The molecule has 12 nitrogen and oxygen atoms in total. The summed E-state index contributed by atoms with van der Waals surface area (Å²) in [4.78, 5) is 35.5. The van der Waals surface area contributed by atoms with Crippen LogP contribution in [0.3, 0.4) is 0 Å². The highest BCUT2D eigenvalue weighted by Gasteiger charge is 2.43. The zero-order valence-corrected chi connectivity index (χ0v) is 30.3. The fourth-order valence-electron chi connectivity index (χ4n) is 6.50. The third-order valence-electron chi connectivity index (χ3n) is 9.64. The van der Waals surface area contributed by atoms with Crippen molar-refractivity contribution in [3.63, 3.8) is 0 Å². The van der Waals surface area contributed by atoms with Crippen molar-refractivity contribution in [3.05, 3.63) is 18.6 Å². The SMILES string of the molecule is CC1CCC(COC(=O)C(C)(C)NP(=O)(CO[C@H](C)Cn2cnc3c(N)ccnc32)NC(C)(C)C(=O)OCC2CCC(C)CC2)CC1. The Balaban J connectivity index is 1.43. The average molecular weight is 677 g/mol. The number of nitrogens with two attached hydrogens (primary N) is 1. The van der Waals surface area contributed by atoms with Crippen molar-refractivity contribution >= 4 is 36.2 Å². The number of ether oxygens (including phenoxy) is 3. The monoisotopic (exact) mass is 676 g/mol. The Bertz CT molecular complexity index is 1340. The number of nitrogen functional groups attached to an aromatic ring is 1. The number of pyridine rings is 1. The van der Waals surface area contributed by atoms with E-state index in [4.69, 9.17) is 19.9 Å². The van der Waals surface area contributed by atoms with Crippen molar-refractivity contribution in [2.45, 2.75) is 124 Å². The number of carbonyl (C=O) groups is 2. The molecule has 0 spiro atoms. The summed E-state index contributed by atoms with van der Waals surface area (Å²) in [5.74, 6) is 1.03. The number of aromatic nitrogens is 3. The molecule has 1 atom stereocenters. The lowest BCUT2D eigenvalue weighted by Crippen LogP contribution is -2.54. The van der Waals surface area contributed by atoms with Gasteiger partial charge < -0.3 is 24.5 Å². The molecule has 0 saturated heterocycles. The highest BCUT2D eigenvalue weighted by molar-refractivity contribution is 7.59. The summed E-state index contributed by atoms with van der Waals surface area (Å²) in [5.41, 5.74) is 5.12. The van der Waals surface area contributed by atoms with Crippen molar-refractivity contribution in [2.24, 2.45) is 23.7 Å². The van der Waals surface area contributed by atoms with Crippen LogP contribution in [0.5, 0.6) is 0 Å². The van der Waals surface area contributed by atoms with E-state index in [0.717, 1.165) is 51.4 Å². The van der Waals surface area contributed by atoms with E-state index in [1.54, 1.807) is 46.3 Å². The van der Waals surface area contributed by atoms with Gasteiger partial charge in [-0.3, -0.25) is 14.2 Å². The van der Waals surface area contributed by atoms with Gasteiger partial charge in [-0.2, -0.15) is 0 Å². The topological polar surface area (TPSA) is 160 Å². The standard InChI is InChI=1S/C34H57N6O6P/c1-23-8-12-26(13-9-23)19-44-31(41)33(4,5)38-47(43,39-34(6,7)32(42)45-20-27-14-10-24(2)11-15-27)22-46-25(3)18-40-21-37-29-28(35)16-17-36-30(29)40/h16-17,21,23-27H,8-15,18-20,22H2,1-7H3,(H2,35,36)(H2,38,39,43)/t23?,24?,25-,26?,27?,47?/m1/s1. The summed E-state index contributed by atoms with van der Waals surface area (Å²) in [6.07, 6.45) is 11.1. The Labute approximate surface area is 280 Å². The van der Waals surface area contributed by atoms with E-state index in [0.29, 0.717) is 60.3 Å². The fraction of sp³-hybridized carbons (Fsp3) is 0.765. The van der Waals surface area contributed by atoms with Gasteiger partial charge in [-0.1, -0.05) is 39.5 Å². The molecule has 0 unspecified atom stereocenters. The molecule has 0 bridgehead atoms. The summed E-state index contributed by atoms with van der Waals surface area (Å²) in [6, 6.07) is 1.69. The molecule has 2 heterocycles. The first-order chi connectivity index (χ1) is 22.1. The van der Waals surface area contributed by atoms with E-state index in [1.165, 1.54) is 0 Å². The molecule has 4 rings (SSSR count). The maximum atomic E-state index is 14.7. The second kappa shape index (κ2) is 15.8. The van der Waals surface area contributed by atoms with Crippen LogP contribution in [0, 0.1) is 23.7 Å². The first-order valence-electron chi connectivity index (χ1n) is 17.3. The number of rotatable bonds is 15. The molecule has 2 aliphatic carbocycles. The van der Waals surface area contributed by atoms with Crippen LogP contribution >= 0.6 is 7.44 Å². The minimum absolute atomic E-state index is 0.301. The molecule has 13 heteroatoms. The predicted octanol–water partition coefficient (Wildman–Crippen LogP) is 6.04. The van der Waals surface area contributed by atoms with E-state index < -0.39 is 36.6 Å². The zero-order chi connectivity index (χ0) is 34.4. The van der Waals surface area contributed by atoms with Gasteiger partial charge in [0.1, 0.15) is 22.9 Å². The van der Waals surface area contributed by atoms with Gasteiger partial charge in [0.15, 0.2) is 5.65 Å². The molecular weight excluding hydrogens is 619 g/mol. The Kier molecular flexibility index (Phi) is 12.5. The van der Waals surface area contributed by atoms with Crippen molar-refractivity contribution in [1.29, 1.82) is 0 Å². The largest absolute Gasteiger partial charge is 0.464 e. The molecule has 0 aromatic carbocycles. The molecule has 2 aromatic heterocycles. The number of nitrogens with zero attached hydrogens (tertiary/aromatic N) is 3. The second-order valence-electron chi connectivity index (χ2n) is 15.2. The Hall–Kier alpha value is -2.53. The summed E-state index contributed by atoms with van der Waals surface area (Å²) < 4.78 is 34.2. The number of hydrogen-bond acceptors (Lipinski definition) is 9. The minimum atomic E-state index is -3.78. The number of anilines is 1. The van der Waals surface area contributed by atoms with Gasteiger partial charge in [-0.05, 0) is 90.0 Å². The van der Waals surface area contributed by atoms with Crippen LogP contribution in [-0.4, -0.2) is 63.2 Å². The molecule has 2 fully saturated rings. The molecule has 0 amide bonds. The van der Waals surface area contributed by atoms with E-state index >= 15 is 0 Å². The Morgan fingerprint density at radius 3 is 1.89 bits per heavy atom. The molecule has 2 saturated carbocycles. The van der Waals surface area contributed by atoms with Crippen molar-refractivity contribution < 1.29 is 28.4 Å². The lowest BCUT2D eigenvalue weighted by Gasteiger charge is -2.36. The molecule has 4 N–H and O–H groups in total. The average Bonchev–Trinajstić information content (AvgIpc) is 3.42. The molecule has 47 heavy (non-hydrogen) atoms. The molecule has 264 valence electrons. The van der Waals surface area contributed by atoms with Crippen LogP contribution in [0.2, 0.25) is 0 Å². The minimum Gasteiger partial charge on any atom is -0.464 e. The number of carbonyl (C=O) groups excluding carboxylic acids is 2. The molecule has 0 radical (unpaired) electrons. The molecule has 0 aliphatic heterocycles. The molecule has 2 aliphatic rings. The van der Waals surface area contributed by atoms with E-state index in [-0.39, 0.29) is 6.35 Å². The van der Waals surface area contributed by atoms with Gasteiger partial charge >= 0.3 is 11.9 Å². The summed E-state index contributed by atoms with van der Waals surface area (Å²) >= 11 is 0. The first kappa shape index (κ1) is 37.3. The Morgan fingerprint density at radius 2 is 1.40 bits per heavy atom. The van der Waals surface area contributed by atoms with Crippen LogP contribution in [-0.2, 0) is 34.9 Å². The predicted molar refractivity (Wildman–Crippen MR) is 184 cm³/mol. The van der Waals surface area contributed by atoms with Gasteiger partial charge in [-0.15, -0.1) is 0 Å².